The van der Waals surface area contributed by atoms with Gasteiger partial charge in [-0.25, -0.2) is 8.42 Å². The maximum absolute atomic E-state index is 12.5. The quantitative estimate of drug-likeness (QED) is 0.555. The Balaban J connectivity index is 1.40. The topological polar surface area (TPSA) is 75.7 Å². The van der Waals surface area contributed by atoms with Crippen LogP contribution in [0, 0.1) is 0 Å². The molecule has 0 spiro atoms. The Bertz CT molecular complexity index is 975. The first-order chi connectivity index (χ1) is 14.4. The molecule has 162 valence electrons. The fraction of sp³-hybridized carbons (Fsp3) is 0.381. The number of halogens is 2. The van der Waals surface area contributed by atoms with E-state index in [1.54, 1.807) is 42.5 Å². The number of amides is 1. The van der Waals surface area contributed by atoms with E-state index in [2.05, 4.69) is 5.32 Å². The minimum atomic E-state index is -3.41. The van der Waals surface area contributed by atoms with Crippen LogP contribution in [0.2, 0.25) is 10.0 Å². The number of carbonyl (C=O) groups is 1. The van der Waals surface area contributed by atoms with Crippen molar-refractivity contribution in [3.05, 3.63) is 58.1 Å². The SMILES string of the molecule is O=C(CCCOc1ccc(Cl)cc1Cl)NCc1ccc(S(=O)(=O)N2CCCC2)cc1. The number of rotatable bonds is 9. The van der Waals surface area contributed by atoms with Crippen LogP contribution < -0.4 is 10.1 Å². The van der Waals surface area contributed by atoms with E-state index < -0.39 is 10.0 Å². The summed E-state index contributed by atoms with van der Waals surface area (Å²) < 4.78 is 32.1. The first-order valence-electron chi connectivity index (χ1n) is 9.80. The maximum Gasteiger partial charge on any atom is 0.243 e. The van der Waals surface area contributed by atoms with Crippen molar-refractivity contribution >= 4 is 39.1 Å². The van der Waals surface area contributed by atoms with Crippen LogP contribution in [0.3, 0.4) is 0 Å². The molecule has 0 aromatic heterocycles. The van der Waals surface area contributed by atoms with Crippen LogP contribution in [0.15, 0.2) is 47.4 Å². The standard InChI is InChI=1S/C21H24Cl2N2O4S/c22-17-7-10-20(19(23)14-17)29-13-3-4-21(26)24-15-16-5-8-18(9-6-16)30(27,28)25-11-1-2-12-25/h5-10,14H,1-4,11-13,15H2,(H,24,26). The van der Waals surface area contributed by atoms with Gasteiger partial charge in [0.25, 0.3) is 0 Å². The summed E-state index contributed by atoms with van der Waals surface area (Å²) in [4.78, 5) is 12.3. The van der Waals surface area contributed by atoms with Crippen LogP contribution in [-0.4, -0.2) is 38.3 Å². The van der Waals surface area contributed by atoms with Crippen molar-refractivity contribution in [2.75, 3.05) is 19.7 Å². The van der Waals surface area contributed by atoms with E-state index in [0.717, 1.165) is 18.4 Å². The van der Waals surface area contributed by atoms with Gasteiger partial charge in [0.1, 0.15) is 5.75 Å². The second-order valence-electron chi connectivity index (χ2n) is 7.06. The number of nitrogens with zero attached hydrogens (tertiary/aromatic N) is 1. The molecule has 1 aliphatic heterocycles. The second-order valence-corrected chi connectivity index (χ2v) is 9.84. The van der Waals surface area contributed by atoms with E-state index in [9.17, 15) is 13.2 Å². The van der Waals surface area contributed by atoms with E-state index >= 15 is 0 Å². The fourth-order valence-corrected chi connectivity index (χ4v) is 5.13. The number of nitrogens with one attached hydrogen (secondary N) is 1. The third-order valence-corrected chi connectivity index (χ3v) is 7.26. The number of hydrogen-bond donors (Lipinski definition) is 1. The van der Waals surface area contributed by atoms with Crippen molar-refractivity contribution in [1.29, 1.82) is 0 Å². The first kappa shape index (κ1) is 22.9. The molecule has 3 rings (SSSR count). The van der Waals surface area contributed by atoms with Crippen LogP contribution in [-0.2, 0) is 21.4 Å². The summed E-state index contributed by atoms with van der Waals surface area (Å²) >= 11 is 11.9. The minimum Gasteiger partial charge on any atom is -0.492 e. The Kier molecular flexibility index (Phi) is 7.99. The van der Waals surface area contributed by atoms with Crippen molar-refractivity contribution in [2.24, 2.45) is 0 Å². The molecule has 2 aromatic rings. The molecule has 1 fully saturated rings. The monoisotopic (exact) mass is 470 g/mol. The number of benzene rings is 2. The Morgan fingerprint density at radius 3 is 2.43 bits per heavy atom. The molecule has 30 heavy (non-hydrogen) atoms. The zero-order valence-corrected chi connectivity index (χ0v) is 18.8. The number of hydrogen-bond acceptors (Lipinski definition) is 4. The second kappa shape index (κ2) is 10.5. The van der Waals surface area contributed by atoms with Gasteiger partial charge in [-0.2, -0.15) is 4.31 Å². The normalized spacial score (nSPS) is 14.6. The van der Waals surface area contributed by atoms with Gasteiger partial charge in [0.15, 0.2) is 0 Å². The molecule has 0 radical (unpaired) electrons. The number of ether oxygens (including phenoxy) is 1. The lowest BCUT2D eigenvalue weighted by Gasteiger charge is -2.15. The van der Waals surface area contributed by atoms with Crippen LogP contribution >= 0.6 is 23.2 Å². The minimum absolute atomic E-state index is 0.102. The summed E-state index contributed by atoms with van der Waals surface area (Å²) in [7, 11) is -3.41. The summed E-state index contributed by atoms with van der Waals surface area (Å²) in [6.07, 6.45) is 2.66. The molecule has 0 saturated carbocycles. The Morgan fingerprint density at radius 1 is 1.07 bits per heavy atom. The van der Waals surface area contributed by atoms with E-state index in [1.165, 1.54) is 4.31 Å². The van der Waals surface area contributed by atoms with Gasteiger partial charge >= 0.3 is 0 Å². The predicted octanol–water partition coefficient (Wildman–Crippen LogP) is 4.25. The van der Waals surface area contributed by atoms with Crippen molar-refractivity contribution in [1.82, 2.24) is 9.62 Å². The third kappa shape index (κ3) is 6.11. The average Bonchev–Trinajstić information content (AvgIpc) is 3.27. The molecule has 1 aliphatic rings. The van der Waals surface area contributed by atoms with Gasteiger partial charge in [0.2, 0.25) is 15.9 Å². The van der Waals surface area contributed by atoms with Gasteiger partial charge in [-0.05, 0) is 55.2 Å². The van der Waals surface area contributed by atoms with E-state index in [4.69, 9.17) is 27.9 Å². The van der Waals surface area contributed by atoms with Crippen LogP contribution in [0.5, 0.6) is 5.75 Å². The molecular weight excluding hydrogens is 447 g/mol. The highest BCUT2D eigenvalue weighted by molar-refractivity contribution is 7.89. The Labute approximate surface area is 187 Å². The lowest BCUT2D eigenvalue weighted by atomic mass is 10.2. The summed E-state index contributed by atoms with van der Waals surface area (Å²) in [6.45, 7) is 1.85. The molecule has 1 heterocycles. The first-order valence-corrected chi connectivity index (χ1v) is 12.0. The zero-order chi connectivity index (χ0) is 21.6. The van der Waals surface area contributed by atoms with Crippen LogP contribution in [0.25, 0.3) is 0 Å². The number of sulfonamides is 1. The van der Waals surface area contributed by atoms with Gasteiger partial charge in [-0.3, -0.25) is 4.79 Å². The highest BCUT2D eigenvalue weighted by atomic mass is 35.5. The summed E-state index contributed by atoms with van der Waals surface area (Å²) in [5.74, 6) is 0.431. The van der Waals surface area contributed by atoms with E-state index in [1.807, 2.05) is 0 Å². The number of carbonyl (C=O) groups excluding carboxylic acids is 1. The van der Waals surface area contributed by atoms with Crippen LogP contribution in [0.1, 0.15) is 31.2 Å². The van der Waals surface area contributed by atoms with Gasteiger partial charge in [0, 0.05) is 31.1 Å². The van der Waals surface area contributed by atoms with Gasteiger partial charge < -0.3 is 10.1 Å². The molecule has 0 bridgehead atoms. The molecule has 1 amide bonds. The van der Waals surface area contributed by atoms with Crippen molar-refractivity contribution in [3.63, 3.8) is 0 Å². The summed E-state index contributed by atoms with van der Waals surface area (Å²) in [5, 5.41) is 3.80. The third-order valence-electron chi connectivity index (χ3n) is 4.82. The van der Waals surface area contributed by atoms with Crippen LogP contribution in [0.4, 0.5) is 0 Å². The summed E-state index contributed by atoms with van der Waals surface area (Å²) in [5.41, 5.74) is 0.841. The molecular formula is C21H24Cl2N2O4S. The predicted molar refractivity (Wildman–Crippen MR) is 117 cm³/mol. The molecule has 1 N–H and O–H groups in total. The van der Waals surface area contributed by atoms with E-state index in [0.29, 0.717) is 54.9 Å². The fourth-order valence-electron chi connectivity index (χ4n) is 3.15. The molecule has 0 aliphatic carbocycles. The maximum atomic E-state index is 12.5. The van der Waals surface area contributed by atoms with Crippen molar-refractivity contribution < 1.29 is 17.9 Å². The van der Waals surface area contributed by atoms with Gasteiger partial charge in [-0.15, -0.1) is 0 Å². The molecule has 6 nitrogen and oxygen atoms in total. The average molecular weight is 471 g/mol. The largest absolute Gasteiger partial charge is 0.492 e. The Hall–Kier alpha value is -1.80. The smallest absolute Gasteiger partial charge is 0.243 e. The highest BCUT2D eigenvalue weighted by Crippen LogP contribution is 2.27. The molecule has 0 atom stereocenters. The molecule has 0 unspecified atom stereocenters. The van der Waals surface area contributed by atoms with Crippen molar-refractivity contribution in [2.45, 2.75) is 37.1 Å². The van der Waals surface area contributed by atoms with Gasteiger partial charge in [-0.1, -0.05) is 35.3 Å². The van der Waals surface area contributed by atoms with E-state index in [-0.39, 0.29) is 10.8 Å². The molecule has 9 heteroatoms. The Morgan fingerprint density at radius 2 is 1.77 bits per heavy atom. The molecule has 1 saturated heterocycles. The summed E-state index contributed by atoms with van der Waals surface area (Å²) in [6, 6.07) is 11.6. The lowest BCUT2D eigenvalue weighted by molar-refractivity contribution is -0.121. The van der Waals surface area contributed by atoms with Gasteiger partial charge in [0.05, 0.1) is 16.5 Å². The highest BCUT2D eigenvalue weighted by Gasteiger charge is 2.26. The lowest BCUT2D eigenvalue weighted by Crippen LogP contribution is -2.28. The zero-order valence-electron chi connectivity index (χ0n) is 16.4. The molecule has 2 aromatic carbocycles. The van der Waals surface area contributed by atoms with Crippen molar-refractivity contribution in [3.8, 4) is 5.75 Å².